The Labute approximate surface area is 166 Å². The molecule has 0 bridgehead atoms. The number of thioether (sulfide) groups is 1. The van der Waals surface area contributed by atoms with E-state index in [4.69, 9.17) is 23.2 Å². The Morgan fingerprint density at radius 2 is 1.81 bits per heavy atom. The lowest BCUT2D eigenvalue weighted by atomic mass is 10.1. The van der Waals surface area contributed by atoms with Gasteiger partial charge in [0.05, 0.1) is 31.5 Å². The number of halogens is 5. The van der Waals surface area contributed by atoms with Gasteiger partial charge in [0.1, 0.15) is 0 Å². The van der Waals surface area contributed by atoms with Crippen molar-refractivity contribution in [2.75, 3.05) is 5.32 Å². The van der Waals surface area contributed by atoms with E-state index >= 15 is 0 Å². The number of hydrogen-bond donors (Lipinski definition) is 1. The fourth-order valence-electron chi connectivity index (χ4n) is 2.05. The van der Waals surface area contributed by atoms with E-state index in [1.165, 1.54) is 6.92 Å². The Morgan fingerprint density at radius 1 is 1.22 bits per heavy atom. The van der Waals surface area contributed by atoms with Gasteiger partial charge < -0.3 is 5.32 Å². The van der Waals surface area contributed by atoms with Crippen LogP contribution in [0, 0.1) is 10.1 Å². The highest BCUT2D eigenvalue weighted by atomic mass is 35.5. The van der Waals surface area contributed by atoms with E-state index in [0.29, 0.717) is 21.0 Å². The van der Waals surface area contributed by atoms with Crippen LogP contribution in [0.5, 0.6) is 0 Å². The quantitative estimate of drug-likeness (QED) is 0.350. The Hall–Kier alpha value is -1.97. The predicted octanol–water partition coefficient (Wildman–Crippen LogP) is 6.04. The number of non-ortho nitro benzene ring substituents is 1. The normalized spacial score (nSPS) is 12.5. The number of anilines is 1. The van der Waals surface area contributed by atoms with Crippen LogP contribution in [0.3, 0.4) is 0 Å². The number of alkyl halides is 3. The van der Waals surface area contributed by atoms with E-state index in [-0.39, 0.29) is 0 Å². The summed E-state index contributed by atoms with van der Waals surface area (Å²) < 4.78 is 39.5. The van der Waals surface area contributed by atoms with Crippen molar-refractivity contribution >= 4 is 52.2 Å². The number of amides is 1. The van der Waals surface area contributed by atoms with Gasteiger partial charge in [-0.05, 0) is 25.1 Å². The van der Waals surface area contributed by atoms with Gasteiger partial charge in [-0.3, -0.25) is 14.9 Å². The summed E-state index contributed by atoms with van der Waals surface area (Å²) in [5.41, 5.74) is -2.61. The number of nitro groups is 1. The van der Waals surface area contributed by atoms with Crippen molar-refractivity contribution in [1.29, 1.82) is 0 Å². The number of carbonyl (C=O) groups is 1. The predicted molar refractivity (Wildman–Crippen MR) is 98.5 cm³/mol. The van der Waals surface area contributed by atoms with Crippen LogP contribution in [0.15, 0.2) is 41.3 Å². The summed E-state index contributed by atoms with van der Waals surface area (Å²) in [6.45, 7) is 1.47. The van der Waals surface area contributed by atoms with Crippen LogP contribution in [-0.2, 0) is 11.0 Å². The number of benzene rings is 2. The molecule has 11 heteroatoms. The highest BCUT2D eigenvalue weighted by molar-refractivity contribution is 8.00. The number of rotatable bonds is 5. The molecule has 5 nitrogen and oxygen atoms in total. The Morgan fingerprint density at radius 3 is 2.33 bits per heavy atom. The van der Waals surface area contributed by atoms with Crippen molar-refractivity contribution in [3.63, 3.8) is 0 Å². The largest absolute Gasteiger partial charge is 0.418 e. The summed E-state index contributed by atoms with van der Waals surface area (Å²) in [6, 6.07) is 6.85. The summed E-state index contributed by atoms with van der Waals surface area (Å²) in [6.07, 6.45) is -4.88. The molecule has 0 saturated heterocycles. The molecule has 0 aliphatic carbocycles. The fraction of sp³-hybridized carbons (Fsp3) is 0.188. The molecule has 1 N–H and O–H groups in total. The molecule has 2 aromatic rings. The lowest BCUT2D eigenvalue weighted by Crippen LogP contribution is -2.24. The molecule has 2 rings (SSSR count). The van der Waals surface area contributed by atoms with Gasteiger partial charge in [0.25, 0.3) is 5.69 Å². The molecule has 0 aliphatic rings. The van der Waals surface area contributed by atoms with Crippen molar-refractivity contribution in [3.05, 3.63) is 62.1 Å². The standard InChI is InChI=1S/C16H11Cl2F3N2O3S/c1-8(27-14-11(17)3-2-4-12(14)18)15(24)22-13-6-5-9(23(25)26)7-10(13)16(19,20)21/h2-8H,1H3,(H,22,24). The van der Waals surface area contributed by atoms with Crippen molar-refractivity contribution < 1.29 is 22.9 Å². The fourth-order valence-corrected chi connectivity index (χ4v) is 3.59. The molecular weight excluding hydrogens is 428 g/mol. The lowest BCUT2D eigenvalue weighted by molar-refractivity contribution is -0.385. The van der Waals surface area contributed by atoms with E-state index in [1.54, 1.807) is 18.2 Å². The topological polar surface area (TPSA) is 72.2 Å². The summed E-state index contributed by atoms with van der Waals surface area (Å²) >= 11 is 13.0. The van der Waals surface area contributed by atoms with Gasteiger partial charge >= 0.3 is 6.18 Å². The minimum absolute atomic E-state index is 0.304. The summed E-state index contributed by atoms with van der Waals surface area (Å²) in [4.78, 5) is 22.5. The zero-order chi connectivity index (χ0) is 20.4. The highest BCUT2D eigenvalue weighted by Gasteiger charge is 2.36. The molecule has 0 aromatic heterocycles. The first-order valence-electron chi connectivity index (χ1n) is 7.28. The van der Waals surface area contributed by atoms with Crippen LogP contribution in [0.1, 0.15) is 12.5 Å². The maximum absolute atomic E-state index is 13.2. The van der Waals surface area contributed by atoms with E-state index in [2.05, 4.69) is 5.32 Å². The van der Waals surface area contributed by atoms with Crippen LogP contribution < -0.4 is 5.32 Å². The molecule has 27 heavy (non-hydrogen) atoms. The second-order valence-corrected chi connectivity index (χ2v) is 7.45. The first-order valence-corrected chi connectivity index (χ1v) is 8.91. The Kier molecular flexibility index (Phi) is 6.61. The van der Waals surface area contributed by atoms with Crippen molar-refractivity contribution in [2.24, 2.45) is 0 Å². The van der Waals surface area contributed by atoms with Crippen LogP contribution in [-0.4, -0.2) is 16.1 Å². The van der Waals surface area contributed by atoms with Crippen molar-refractivity contribution in [2.45, 2.75) is 23.2 Å². The number of nitrogens with zero attached hydrogens (tertiary/aromatic N) is 1. The maximum atomic E-state index is 13.2. The van der Waals surface area contributed by atoms with Crippen LogP contribution >= 0.6 is 35.0 Å². The average molecular weight is 439 g/mol. The first-order chi connectivity index (χ1) is 12.5. The molecule has 2 aromatic carbocycles. The molecule has 1 unspecified atom stereocenters. The average Bonchev–Trinajstić information content (AvgIpc) is 2.57. The molecule has 0 radical (unpaired) electrons. The van der Waals surface area contributed by atoms with E-state index in [9.17, 15) is 28.1 Å². The first kappa shape index (κ1) is 21.3. The summed E-state index contributed by atoms with van der Waals surface area (Å²) in [5.74, 6) is -0.740. The minimum atomic E-state index is -4.88. The van der Waals surface area contributed by atoms with E-state index in [0.717, 1.165) is 23.9 Å². The molecule has 0 fully saturated rings. The molecular formula is C16H11Cl2F3N2O3S. The highest BCUT2D eigenvalue weighted by Crippen LogP contribution is 2.39. The molecule has 0 aliphatic heterocycles. The number of carbonyl (C=O) groups excluding carboxylic acids is 1. The molecule has 0 spiro atoms. The maximum Gasteiger partial charge on any atom is 0.418 e. The monoisotopic (exact) mass is 438 g/mol. The van der Waals surface area contributed by atoms with E-state index in [1.807, 2.05) is 0 Å². The van der Waals surface area contributed by atoms with Gasteiger partial charge in [-0.1, -0.05) is 29.3 Å². The van der Waals surface area contributed by atoms with Crippen LogP contribution in [0.4, 0.5) is 24.5 Å². The third kappa shape index (κ3) is 5.27. The summed E-state index contributed by atoms with van der Waals surface area (Å²) in [7, 11) is 0. The van der Waals surface area contributed by atoms with Gasteiger partial charge in [-0.25, -0.2) is 0 Å². The van der Waals surface area contributed by atoms with Crippen molar-refractivity contribution in [1.82, 2.24) is 0 Å². The number of nitrogens with one attached hydrogen (secondary N) is 1. The number of nitro benzene ring substituents is 1. The SMILES string of the molecule is CC(Sc1c(Cl)cccc1Cl)C(=O)Nc1ccc([N+](=O)[O-])cc1C(F)(F)F. The molecule has 144 valence electrons. The zero-order valence-electron chi connectivity index (χ0n) is 13.5. The van der Waals surface area contributed by atoms with Crippen LogP contribution in [0.2, 0.25) is 10.0 Å². The van der Waals surface area contributed by atoms with Gasteiger partial charge in [0, 0.05) is 17.0 Å². The molecule has 0 heterocycles. The smallest absolute Gasteiger partial charge is 0.325 e. The van der Waals surface area contributed by atoms with Gasteiger partial charge in [0.15, 0.2) is 0 Å². The molecule has 1 atom stereocenters. The van der Waals surface area contributed by atoms with Gasteiger partial charge in [-0.2, -0.15) is 13.2 Å². The zero-order valence-corrected chi connectivity index (χ0v) is 15.8. The lowest BCUT2D eigenvalue weighted by Gasteiger charge is -2.17. The Bertz CT molecular complexity index is 873. The van der Waals surface area contributed by atoms with Crippen molar-refractivity contribution in [3.8, 4) is 0 Å². The second-order valence-electron chi connectivity index (χ2n) is 5.28. The Balaban J connectivity index is 2.25. The number of hydrogen-bond acceptors (Lipinski definition) is 4. The molecule has 1 amide bonds. The van der Waals surface area contributed by atoms with Gasteiger partial charge in [-0.15, -0.1) is 11.8 Å². The third-order valence-corrected chi connectivity index (χ3v) is 5.46. The van der Waals surface area contributed by atoms with Gasteiger partial charge in [0.2, 0.25) is 5.91 Å². The van der Waals surface area contributed by atoms with E-state index < -0.39 is 39.2 Å². The minimum Gasteiger partial charge on any atom is -0.325 e. The summed E-state index contributed by atoms with van der Waals surface area (Å²) in [5, 5.41) is 12.6. The second kappa shape index (κ2) is 8.37. The third-order valence-electron chi connectivity index (χ3n) is 3.36. The van der Waals surface area contributed by atoms with Crippen LogP contribution in [0.25, 0.3) is 0 Å². The molecule has 0 saturated carbocycles.